The Morgan fingerprint density at radius 3 is 2.20 bits per heavy atom. The SMILES string of the molecule is COc1ccc(CNC(=O)c2cn(-c3ccccc3)nc2-c2cc(OC)ccc2OC)c(OC)c1. The predicted octanol–water partition coefficient (Wildman–Crippen LogP) is 4.50. The van der Waals surface area contributed by atoms with Crippen molar-refractivity contribution in [3.05, 3.63) is 84.1 Å². The second-order valence-corrected chi connectivity index (χ2v) is 7.60. The number of carbonyl (C=O) groups is 1. The number of nitrogens with one attached hydrogen (secondary N) is 1. The Kier molecular flexibility index (Phi) is 7.21. The van der Waals surface area contributed by atoms with Gasteiger partial charge in [-0.2, -0.15) is 5.10 Å². The number of ether oxygens (including phenoxy) is 4. The van der Waals surface area contributed by atoms with E-state index < -0.39 is 0 Å². The van der Waals surface area contributed by atoms with E-state index >= 15 is 0 Å². The number of amides is 1. The van der Waals surface area contributed by atoms with Crippen molar-refractivity contribution in [2.24, 2.45) is 0 Å². The topological polar surface area (TPSA) is 83.8 Å². The summed E-state index contributed by atoms with van der Waals surface area (Å²) in [5.41, 5.74) is 3.16. The van der Waals surface area contributed by atoms with Crippen LogP contribution in [-0.4, -0.2) is 44.1 Å². The van der Waals surface area contributed by atoms with Gasteiger partial charge in [0, 0.05) is 29.9 Å². The van der Waals surface area contributed by atoms with Crippen LogP contribution in [-0.2, 0) is 6.54 Å². The van der Waals surface area contributed by atoms with E-state index in [0.29, 0.717) is 39.8 Å². The summed E-state index contributed by atoms with van der Waals surface area (Å²) < 4.78 is 23.4. The average Bonchev–Trinajstić information content (AvgIpc) is 3.37. The molecule has 1 heterocycles. The highest BCUT2D eigenvalue weighted by Gasteiger charge is 2.22. The van der Waals surface area contributed by atoms with Crippen molar-refractivity contribution in [1.82, 2.24) is 15.1 Å². The van der Waals surface area contributed by atoms with Gasteiger partial charge in [0.1, 0.15) is 28.7 Å². The lowest BCUT2D eigenvalue weighted by Crippen LogP contribution is -2.23. The molecule has 0 aliphatic carbocycles. The molecule has 180 valence electrons. The highest BCUT2D eigenvalue weighted by molar-refractivity contribution is 6.00. The van der Waals surface area contributed by atoms with Crippen molar-refractivity contribution in [3.63, 3.8) is 0 Å². The highest BCUT2D eigenvalue weighted by Crippen LogP contribution is 2.35. The van der Waals surface area contributed by atoms with Crippen LogP contribution in [0.25, 0.3) is 16.9 Å². The largest absolute Gasteiger partial charge is 0.497 e. The van der Waals surface area contributed by atoms with Gasteiger partial charge in [-0.05, 0) is 42.5 Å². The molecule has 4 rings (SSSR count). The summed E-state index contributed by atoms with van der Waals surface area (Å²) in [5.74, 6) is 2.22. The number of para-hydroxylation sites is 1. The monoisotopic (exact) mass is 473 g/mol. The highest BCUT2D eigenvalue weighted by atomic mass is 16.5. The first kappa shape index (κ1) is 23.7. The van der Waals surface area contributed by atoms with Crippen LogP contribution in [0.15, 0.2) is 72.9 Å². The van der Waals surface area contributed by atoms with Gasteiger partial charge in [0.05, 0.1) is 39.7 Å². The molecular formula is C27H27N3O5. The Balaban J connectivity index is 1.72. The first-order valence-corrected chi connectivity index (χ1v) is 10.9. The van der Waals surface area contributed by atoms with Gasteiger partial charge in [0.15, 0.2) is 0 Å². The molecule has 0 fully saturated rings. The molecule has 35 heavy (non-hydrogen) atoms. The summed E-state index contributed by atoms with van der Waals surface area (Å²) in [6.45, 7) is 0.261. The van der Waals surface area contributed by atoms with E-state index in [2.05, 4.69) is 5.32 Å². The second-order valence-electron chi connectivity index (χ2n) is 7.60. The summed E-state index contributed by atoms with van der Waals surface area (Å²) >= 11 is 0. The van der Waals surface area contributed by atoms with Crippen molar-refractivity contribution < 1.29 is 23.7 Å². The number of hydrogen-bond acceptors (Lipinski definition) is 6. The summed E-state index contributed by atoms with van der Waals surface area (Å²) in [6.07, 6.45) is 1.71. The number of carbonyl (C=O) groups excluding carboxylic acids is 1. The van der Waals surface area contributed by atoms with Crippen molar-refractivity contribution in [2.45, 2.75) is 6.54 Å². The predicted molar refractivity (Wildman–Crippen MR) is 133 cm³/mol. The molecule has 1 N–H and O–H groups in total. The summed E-state index contributed by atoms with van der Waals surface area (Å²) in [6, 6.07) is 20.5. The molecule has 1 aromatic heterocycles. The van der Waals surface area contributed by atoms with Crippen LogP contribution in [0.1, 0.15) is 15.9 Å². The zero-order chi connectivity index (χ0) is 24.8. The number of nitrogens with zero attached hydrogens (tertiary/aromatic N) is 2. The molecule has 0 aliphatic heterocycles. The zero-order valence-corrected chi connectivity index (χ0v) is 20.1. The number of methoxy groups -OCH3 is 4. The fraction of sp³-hybridized carbons (Fsp3) is 0.185. The molecule has 0 aliphatic rings. The van der Waals surface area contributed by atoms with E-state index in [-0.39, 0.29) is 12.5 Å². The van der Waals surface area contributed by atoms with Gasteiger partial charge in [-0.3, -0.25) is 4.79 Å². The van der Waals surface area contributed by atoms with Crippen LogP contribution in [0.2, 0.25) is 0 Å². The van der Waals surface area contributed by atoms with E-state index in [0.717, 1.165) is 11.3 Å². The van der Waals surface area contributed by atoms with Crippen LogP contribution < -0.4 is 24.3 Å². The Labute approximate surface area is 204 Å². The van der Waals surface area contributed by atoms with E-state index in [1.165, 1.54) is 0 Å². The van der Waals surface area contributed by atoms with E-state index in [4.69, 9.17) is 24.0 Å². The molecule has 0 saturated carbocycles. The van der Waals surface area contributed by atoms with Crippen LogP contribution >= 0.6 is 0 Å². The van der Waals surface area contributed by atoms with E-state index in [1.54, 1.807) is 63.6 Å². The lowest BCUT2D eigenvalue weighted by molar-refractivity contribution is 0.0951. The molecule has 1 amide bonds. The normalized spacial score (nSPS) is 10.5. The fourth-order valence-corrected chi connectivity index (χ4v) is 3.72. The zero-order valence-electron chi connectivity index (χ0n) is 20.1. The quantitative estimate of drug-likeness (QED) is 0.385. The minimum atomic E-state index is -0.287. The summed E-state index contributed by atoms with van der Waals surface area (Å²) in [7, 11) is 6.34. The van der Waals surface area contributed by atoms with E-state index in [9.17, 15) is 4.79 Å². The number of rotatable bonds is 9. The van der Waals surface area contributed by atoms with Crippen molar-refractivity contribution in [2.75, 3.05) is 28.4 Å². The Hall–Kier alpha value is -4.46. The molecule has 8 heteroatoms. The fourth-order valence-electron chi connectivity index (χ4n) is 3.72. The maximum atomic E-state index is 13.4. The molecule has 0 atom stereocenters. The lowest BCUT2D eigenvalue weighted by atomic mass is 10.1. The molecule has 0 bridgehead atoms. The minimum Gasteiger partial charge on any atom is -0.497 e. The van der Waals surface area contributed by atoms with Gasteiger partial charge < -0.3 is 24.3 Å². The second kappa shape index (κ2) is 10.6. The van der Waals surface area contributed by atoms with Gasteiger partial charge in [-0.15, -0.1) is 0 Å². The summed E-state index contributed by atoms with van der Waals surface area (Å²) in [4.78, 5) is 13.4. The molecule has 8 nitrogen and oxygen atoms in total. The third kappa shape index (κ3) is 5.06. The van der Waals surface area contributed by atoms with Crippen molar-refractivity contribution >= 4 is 5.91 Å². The molecule has 0 unspecified atom stereocenters. The van der Waals surface area contributed by atoms with E-state index in [1.807, 2.05) is 42.5 Å². The molecule has 3 aromatic carbocycles. The van der Waals surface area contributed by atoms with Gasteiger partial charge in [-0.25, -0.2) is 4.68 Å². The Bertz CT molecular complexity index is 1320. The maximum absolute atomic E-state index is 13.4. The summed E-state index contributed by atoms with van der Waals surface area (Å²) in [5, 5.41) is 7.73. The van der Waals surface area contributed by atoms with Crippen LogP contribution in [0.3, 0.4) is 0 Å². The van der Waals surface area contributed by atoms with Gasteiger partial charge in [0.25, 0.3) is 5.91 Å². The molecule has 4 aromatic rings. The van der Waals surface area contributed by atoms with Crippen molar-refractivity contribution in [1.29, 1.82) is 0 Å². The smallest absolute Gasteiger partial charge is 0.255 e. The van der Waals surface area contributed by atoms with Crippen molar-refractivity contribution in [3.8, 4) is 39.9 Å². The first-order chi connectivity index (χ1) is 17.1. The lowest BCUT2D eigenvalue weighted by Gasteiger charge is -2.12. The first-order valence-electron chi connectivity index (χ1n) is 10.9. The Morgan fingerprint density at radius 1 is 0.829 bits per heavy atom. The minimum absolute atomic E-state index is 0.261. The average molecular weight is 474 g/mol. The van der Waals surface area contributed by atoms with Gasteiger partial charge >= 0.3 is 0 Å². The molecule has 0 radical (unpaired) electrons. The van der Waals surface area contributed by atoms with Crippen LogP contribution in [0.5, 0.6) is 23.0 Å². The number of aromatic nitrogens is 2. The van der Waals surface area contributed by atoms with Gasteiger partial charge in [0.2, 0.25) is 0 Å². The third-order valence-corrected chi connectivity index (χ3v) is 5.58. The maximum Gasteiger partial charge on any atom is 0.255 e. The number of benzene rings is 3. The van der Waals surface area contributed by atoms with Crippen LogP contribution in [0, 0.1) is 0 Å². The Morgan fingerprint density at radius 2 is 1.51 bits per heavy atom. The number of hydrogen-bond donors (Lipinski definition) is 1. The van der Waals surface area contributed by atoms with Crippen LogP contribution in [0.4, 0.5) is 0 Å². The third-order valence-electron chi connectivity index (χ3n) is 5.58. The standard InChI is InChI=1S/C27H27N3O5/c1-32-20-12-13-24(34-3)22(14-20)26-23(17-30(29-26)19-8-6-5-7-9-19)27(31)28-16-18-10-11-21(33-2)15-25(18)35-4/h5-15,17H,16H2,1-4H3,(H,28,31). The molecule has 0 saturated heterocycles. The molecule has 0 spiro atoms. The molecular weight excluding hydrogens is 446 g/mol. The van der Waals surface area contributed by atoms with Gasteiger partial charge in [-0.1, -0.05) is 18.2 Å².